The number of nitrogens with one attached hydrogen (secondary N) is 1. The fourth-order valence-corrected chi connectivity index (χ4v) is 2.17. The molecule has 2 rings (SSSR count). The molecule has 19 heavy (non-hydrogen) atoms. The number of rotatable bonds is 4. The topological polar surface area (TPSA) is 21.3 Å². The molecule has 100 valence electrons. The van der Waals surface area contributed by atoms with Gasteiger partial charge in [-0.1, -0.05) is 35.9 Å². The molecule has 0 aliphatic rings. The van der Waals surface area contributed by atoms with Crippen molar-refractivity contribution in [2.24, 2.45) is 0 Å². The van der Waals surface area contributed by atoms with Gasteiger partial charge in [-0.2, -0.15) is 0 Å². The lowest BCUT2D eigenvalue weighted by molar-refractivity contribution is 0.416. The van der Waals surface area contributed by atoms with Crippen molar-refractivity contribution in [2.45, 2.75) is 19.9 Å². The summed E-state index contributed by atoms with van der Waals surface area (Å²) in [5, 5.41) is 3.25. The molecule has 1 atom stereocenters. The van der Waals surface area contributed by atoms with Crippen LogP contribution in [-0.4, -0.2) is 14.2 Å². The molecular weight excluding hydrogens is 234 g/mol. The van der Waals surface area contributed by atoms with Gasteiger partial charge in [0.2, 0.25) is 0 Å². The highest BCUT2D eigenvalue weighted by atomic mass is 16.5. The van der Waals surface area contributed by atoms with Crippen LogP contribution >= 0.6 is 0 Å². The second kappa shape index (κ2) is 5.89. The normalized spacial score (nSPS) is 12.2. The minimum absolute atomic E-state index is 0.369. The van der Waals surface area contributed by atoms with E-state index in [1.165, 1.54) is 16.7 Å². The lowest BCUT2D eigenvalue weighted by Gasteiger charge is -2.13. The zero-order valence-corrected chi connectivity index (χ0v) is 12.0. The molecule has 0 aromatic heterocycles. The van der Waals surface area contributed by atoms with E-state index in [-0.39, 0.29) is 0 Å². The van der Waals surface area contributed by atoms with Crippen molar-refractivity contribution in [1.29, 1.82) is 0 Å². The van der Waals surface area contributed by atoms with Gasteiger partial charge in [0.05, 0.1) is 7.11 Å². The van der Waals surface area contributed by atoms with Crippen molar-refractivity contribution < 1.29 is 4.74 Å². The Kier molecular flexibility index (Phi) is 4.23. The molecule has 0 aliphatic carbocycles. The summed E-state index contributed by atoms with van der Waals surface area (Å²) in [6, 6.07) is 15.3. The number of methoxy groups -OCH3 is 1. The van der Waals surface area contributed by atoms with Crippen molar-refractivity contribution in [3.63, 3.8) is 0 Å². The summed E-state index contributed by atoms with van der Waals surface area (Å²) in [5.74, 6) is 0.917. The number of hydrogen-bond acceptors (Lipinski definition) is 2. The quantitative estimate of drug-likeness (QED) is 0.893. The molecule has 0 saturated carbocycles. The second-order valence-corrected chi connectivity index (χ2v) is 4.84. The van der Waals surface area contributed by atoms with Crippen LogP contribution < -0.4 is 10.1 Å². The number of aryl methyl sites for hydroxylation is 1. The van der Waals surface area contributed by atoms with Gasteiger partial charge >= 0.3 is 0 Å². The van der Waals surface area contributed by atoms with Gasteiger partial charge in [0, 0.05) is 11.6 Å². The van der Waals surface area contributed by atoms with Crippen LogP contribution in [0.15, 0.2) is 42.5 Å². The summed E-state index contributed by atoms with van der Waals surface area (Å²) in [6.45, 7) is 4.25. The smallest absolute Gasteiger partial charge is 0.126 e. The van der Waals surface area contributed by atoms with Crippen molar-refractivity contribution >= 4 is 0 Å². The molecule has 0 bridgehead atoms. The molecule has 0 radical (unpaired) electrons. The number of hydrogen-bond donors (Lipinski definition) is 1. The Bertz CT molecular complexity index is 546. The first kappa shape index (κ1) is 13.6. The predicted octanol–water partition coefficient (Wildman–Crippen LogP) is 3.95. The lowest BCUT2D eigenvalue weighted by atomic mass is 9.99. The predicted molar refractivity (Wildman–Crippen MR) is 80.6 cm³/mol. The van der Waals surface area contributed by atoms with Crippen LogP contribution in [0.3, 0.4) is 0 Å². The molecule has 0 spiro atoms. The molecule has 2 heteroatoms. The molecule has 0 fully saturated rings. The highest BCUT2D eigenvalue weighted by Gasteiger charge is 2.07. The van der Waals surface area contributed by atoms with E-state index < -0.39 is 0 Å². The average Bonchev–Trinajstić information content (AvgIpc) is 2.46. The van der Waals surface area contributed by atoms with Gasteiger partial charge < -0.3 is 10.1 Å². The van der Waals surface area contributed by atoms with Gasteiger partial charge in [0.25, 0.3) is 0 Å². The van der Waals surface area contributed by atoms with Gasteiger partial charge in [-0.25, -0.2) is 0 Å². The summed E-state index contributed by atoms with van der Waals surface area (Å²) in [5.41, 5.74) is 4.86. The van der Waals surface area contributed by atoms with Gasteiger partial charge in [0.1, 0.15) is 5.75 Å². The van der Waals surface area contributed by atoms with E-state index in [1.807, 2.05) is 13.1 Å². The molecule has 0 aliphatic heterocycles. The van der Waals surface area contributed by atoms with E-state index >= 15 is 0 Å². The van der Waals surface area contributed by atoms with Crippen LogP contribution in [0.5, 0.6) is 5.75 Å². The first-order valence-corrected chi connectivity index (χ1v) is 6.58. The maximum absolute atomic E-state index is 5.44. The largest absolute Gasteiger partial charge is 0.496 e. The second-order valence-electron chi connectivity index (χ2n) is 4.84. The van der Waals surface area contributed by atoms with E-state index in [1.54, 1.807) is 7.11 Å². The van der Waals surface area contributed by atoms with Gasteiger partial charge in [-0.3, -0.25) is 0 Å². The van der Waals surface area contributed by atoms with Gasteiger partial charge in [0.15, 0.2) is 0 Å². The van der Waals surface area contributed by atoms with Crippen LogP contribution in [0.4, 0.5) is 0 Å². The molecule has 0 heterocycles. The minimum atomic E-state index is 0.369. The van der Waals surface area contributed by atoms with Crippen molar-refractivity contribution in [2.75, 3.05) is 14.2 Å². The summed E-state index contributed by atoms with van der Waals surface area (Å²) in [4.78, 5) is 0. The van der Waals surface area contributed by atoms with Crippen LogP contribution in [0.25, 0.3) is 11.1 Å². The van der Waals surface area contributed by atoms with Crippen LogP contribution in [0.2, 0.25) is 0 Å². The third-order valence-corrected chi connectivity index (χ3v) is 3.51. The van der Waals surface area contributed by atoms with E-state index in [2.05, 4.69) is 55.6 Å². The SMILES string of the molecule is CNC(C)c1ccc(-c2cc(C)ccc2OC)cc1. The summed E-state index contributed by atoms with van der Waals surface area (Å²) < 4.78 is 5.44. The molecule has 2 nitrogen and oxygen atoms in total. The zero-order chi connectivity index (χ0) is 13.8. The van der Waals surface area contributed by atoms with Crippen molar-refractivity contribution in [1.82, 2.24) is 5.32 Å². The van der Waals surface area contributed by atoms with E-state index in [4.69, 9.17) is 4.74 Å². The van der Waals surface area contributed by atoms with Crippen molar-refractivity contribution in [3.8, 4) is 16.9 Å². The van der Waals surface area contributed by atoms with Crippen LogP contribution in [0, 0.1) is 6.92 Å². The Labute approximate surface area is 115 Å². The average molecular weight is 255 g/mol. The summed E-state index contributed by atoms with van der Waals surface area (Å²) in [7, 11) is 3.69. The molecule has 1 N–H and O–H groups in total. The Morgan fingerprint density at radius 3 is 2.32 bits per heavy atom. The fourth-order valence-electron chi connectivity index (χ4n) is 2.17. The highest BCUT2D eigenvalue weighted by molar-refractivity contribution is 5.71. The van der Waals surface area contributed by atoms with Crippen LogP contribution in [-0.2, 0) is 0 Å². The third kappa shape index (κ3) is 2.96. The van der Waals surface area contributed by atoms with E-state index in [0.717, 1.165) is 11.3 Å². The number of benzene rings is 2. The maximum atomic E-state index is 5.44. The molecule has 0 amide bonds. The first-order valence-electron chi connectivity index (χ1n) is 6.58. The van der Waals surface area contributed by atoms with Crippen LogP contribution in [0.1, 0.15) is 24.1 Å². The Morgan fingerprint density at radius 2 is 1.74 bits per heavy atom. The first-order chi connectivity index (χ1) is 9.15. The Hall–Kier alpha value is -1.80. The van der Waals surface area contributed by atoms with Crippen molar-refractivity contribution in [3.05, 3.63) is 53.6 Å². The van der Waals surface area contributed by atoms with Gasteiger partial charge in [-0.05, 0) is 44.2 Å². The summed E-state index contributed by atoms with van der Waals surface area (Å²) >= 11 is 0. The maximum Gasteiger partial charge on any atom is 0.126 e. The molecule has 2 aromatic carbocycles. The van der Waals surface area contributed by atoms with E-state index in [0.29, 0.717) is 6.04 Å². The number of ether oxygens (including phenoxy) is 1. The molecule has 2 aromatic rings. The summed E-state index contributed by atoms with van der Waals surface area (Å²) in [6.07, 6.45) is 0. The third-order valence-electron chi connectivity index (χ3n) is 3.51. The lowest BCUT2D eigenvalue weighted by Crippen LogP contribution is -2.11. The standard InChI is InChI=1S/C17H21NO/c1-12-5-10-17(19-4)16(11-12)15-8-6-14(7-9-15)13(2)18-3/h5-11,13,18H,1-4H3. The Morgan fingerprint density at radius 1 is 1.05 bits per heavy atom. The Balaban J connectivity index is 2.39. The molecular formula is C17H21NO. The zero-order valence-electron chi connectivity index (χ0n) is 12.0. The van der Waals surface area contributed by atoms with Gasteiger partial charge in [-0.15, -0.1) is 0 Å². The highest BCUT2D eigenvalue weighted by Crippen LogP contribution is 2.31. The fraction of sp³-hybridized carbons (Fsp3) is 0.294. The van der Waals surface area contributed by atoms with E-state index in [9.17, 15) is 0 Å². The molecule has 1 unspecified atom stereocenters. The monoisotopic (exact) mass is 255 g/mol. The minimum Gasteiger partial charge on any atom is -0.496 e. The molecule has 0 saturated heterocycles.